The number of aromatic nitrogens is 6. The number of nitrogen functional groups attached to an aromatic ring is 1. The van der Waals surface area contributed by atoms with Gasteiger partial charge in [-0.05, 0) is 18.6 Å². The fourth-order valence-electron chi connectivity index (χ4n) is 2.64. The van der Waals surface area contributed by atoms with E-state index in [9.17, 15) is 14.4 Å². The first-order valence-electron chi connectivity index (χ1n) is 8.41. The monoisotopic (exact) mass is 369 g/mol. The number of benzene rings is 1. The predicted octanol–water partition coefficient (Wildman–Crippen LogP) is 0.374. The summed E-state index contributed by atoms with van der Waals surface area (Å²) in [4.78, 5) is 39.7. The molecule has 0 atom stereocenters. The van der Waals surface area contributed by atoms with Gasteiger partial charge in [0.15, 0.2) is 5.78 Å². The Labute approximate surface area is 153 Å². The van der Waals surface area contributed by atoms with Crippen LogP contribution in [-0.4, -0.2) is 35.5 Å². The lowest BCUT2D eigenvalue weighted by atomic mass is 10.1. The molecule has 10 heteroatoms. The van der Waals surface area contributed by atoms with Gasteiger partial charge in [0.05, 0.1) is 0 Å². The van der Waals surface area contributed by atoms with E-state index < -0.39 is 17.0 Å². The van der Waals surface area contributed by atoms with Crippen LogP contribution in [-0.2, 0) is 13.1 Å². The van der Waals surface area contributed by atoms with Crippen molar-refractivity contribution in [3.63, 3.8) is 0 Å². The third-order valence-corrected chi connectivity index (χ3v) is 4.01. The van der Waals surface area contributed by atoms with Crippen molar-refractivity contribution in [3.05, 3.63) is 56.2 Å². The van der Waals surface area contributed by atoms with Gasteiger partial charge in [-0.2, -0.15) is 4.80 Å². The first kappa shape index (κ1) is 18.2. The quantitative estimate of drug-likeness (QED) is 0.598. The number of aromatic amines is 1. The van der Waals surface area contributed by atoms with Crippen molar-refractivity contribution in [2.24, 2.45) is 0 Å². The van der Waals surface area contributed by atoms with E-state index in [-0.39, 0.29) is 17.9 Å². The standard InChI is InChI=1S/C17H19N7O3/c1-3-8-23-14(18)13(16(26)19-17(23)27)12(25)9-24-21-15(20-22-24)11-6-4-10(2)5-7-11/h4-7H,3,8-9,18H2,1-2H3,(H,19,26,27). The zero-order valence-corrected chi connectivity index (χ0v) is 15.0. The third-order valence-electron chi connectivity index (χ3n) is 4.01. The zero-order valence-electron chi connectivity index (χ0n) is 15.0. The molecule has 0 fully saturated rings. The number of carbonyl (C=O) groups is 1. The molecule has 0 radical (unpaired) electrons. The maximum atomic E-state index is 12.6. The molecule has 0 aliphatic rings. The lowest BCUT2D eigenvalue weighted by Gasteiger charge is -2.10. The fraction of sp³-hybridized carbons (Fsp3) is 0.294. The minimum Gasteiger partial charge on any atom is -0.384 e. The van der Waals surface area contributed by atoms with Gasteiger partial charge in [0.2, 0.25) is 5.82 Å². The number of ketones is 1. The van der Waals surface area contributed by atoms with Crippen LogP contribution in [0.25, 0.3) is 11.4 Å². The SMILES string of the molecule is CCCn1c(N)c(C(=O)Cn2nnc(-c3ccc(C)cc3)n2)c(=O)[nH]c1=O. The lowest BCUT2D eigenvalue weighted by Crippen LogP contribution is -2.37. The van der Waals surface area contributed by atoms with E-state index in [1.807, 2.05) is 38.1 Å². The van der Waals surface area contributed by atoms with Gasteiger partial charge in [0.1, 0.15) is 17.9 Å². The molecule has 3 N–H and O–H groups in total. The van der Waals surface area contributed by atoms with Gasteiger partial charge < -0.3 is 5.73 Å². The second-order valence-electron chi connectivity index (χ2n) is 6.10. The molecule has 27 heavy (non-hydrogen) atoms. The Morgan fingerprint density at radius 2 is 1.93 bits per heavy atom. The number of hydrogen-bond acceptors (Lipinski definition) is 7. The Morgan fingerprint density at radius 3 is 2.59 bits per heavy atom. The first-order valence-corrected chi connectivity index (χ1v) is 8.41. The minimum absolute atomic E-state index is 0.158. The molecule has 3 rings (SSSR count). The molecule has 0 aliphatic carbocycles. The summed E-state index contributed by atoms with van der Waals surface area (Å²) in [6.45, 7) is 3.79. The normalized spacial score (nSPS) is 10.9. The molecule has 0 amide bonds. The van der Waals surface area contributed by atoms with Crippen LogP contribution in [0.2, 0.25) is 0 Å². The summed E-state index contributed by atoms with van der Waals surface area (Å²) in [6.07, 6.45) is 0.619. The number of hydrogen-bond donors (Lipinski definition) is 2. The van der Waals surface area contributed by atoms with Crippen LogP contribution in [0.5, 0.6) is 0 Å². The molecule has 0 unspecified atom stereocenters. The number of tetrazole rings is 1. The van der Waals surface area contributed by atoms with Gasteiger partial charge in [-0.1, -0.05) is 36.8 Å². The van der Waals surface area contributed by atoms with Crippen LogP contribution in [0.15, 0.2) is 33.9 Å². The zero-order chi connectivity index (χ0) is 19.6. The highest BCUT2D eigenvalue weighted by Crippen LogP contribution is 2.14. The summed E-state index contributed by atoms with van der Waals surface area (Å²) in [6, 6.07) is 7.53. The molecule has 1 aromatic carbocycles. The molecule has 0 aliphatic heterocycles. The van der Waals surface area contributed by atoms with Gasteiger partial charge in [-0.15, -0.1) is 10.2 Å². The molecule has 2 heterocycles. The van der Waals surface area contributed by atoms with Crippen LogP contribution in [0.3, 0.4) is 0 Å². The summed E-state index contributed by atoms with van der Waals surface area (Å²) in [5, 5.41) is 11.9. The van der Waals surface area contributed by atoms with Crippen LogP contribution < -0.4 is 17.0 Å². The third kappa shape index (κ3) is 3.68. The average molecular weight is 369 g/mol. The van der Waals surface area contributed by atoms with Crippen molar-refractivity contribution >= 4 is 11.6 Å². The van der Waals surface area contributed by atoms with Crippen LogP contribution in [0.4, 0.5) is 5.82 Å². The van der Waals surface area contributed by atoms with Crippen LogP contribution in [0.1, 0.15) is 29.3 Å². The Balaban J connectivity index is 1.88. The first-order chi connectivity index (χ1) is 12.9. The number of nitrogens with two attached hydrogens (primary N) is 1. The van der Waals surface area contributed by atoms with Crippen molar-refractivity contribution in [2.75, 3.05) is 5.73 Å². The molecule has 3 aromatic rings. The maximum absolute atomic E-state index is 12.6. The number of rotatable bonds is 6. The van der Waals surface area contributed by atoms with E-state index in [0.29, 0.717) is 18.8 Å². The van der Waals surface area contributed by atoms with Crippen molar-refractivity contribution < 1.29 is 4.79 Å². The highest BCUT2D eigenvalue weighted by molar-refractivity contribution is 5.99. The van der Waals surface area contributed by atoms with Gasteiger partial charge in [-0.25, -0.2) is 4.79 Å². The van der Waals surface area contributed by atoms with E-state index in [2.05, 4.69) is 20.4 Å². The Hall–Kier alpha value is -3.56. The van der Waals surface area contributed by atoms with E-state index in [0.717, 1.165) is 15.9 Å². The summed E-state index contributed by atoms with van der Waals surface area (Å²) in [5.41, 5.74) is 6.00. The molecule has 0 spiro atoms. The minimum atomic E-state index is -0.825. The number of anilines is 1. The van der Waals surface area contributed by atoms with Crippen molar-refractivity contribution in [1.29, 1.82) is 0 Å². The number of nitrogens with one attached hydrogen (secondary N) is 1. The van der Waals surface area contributed by atoms with Crippen molar-refractivity contribution in [1.82, 2.24) is 29.8 Å². The number of H-pyrrole nitrogens is 1. The second-order valence-corrected chi connectivity index (χ2v) is 6.10. The summed E-state index contributed by atoms with van der Waals surface area (Å²) < 4.78 is 1.17. The number of nitrogens with zero attached hydrogens (tertiary/aromatic N) is 5. The van der Waals surface area contributed by atoms with E-state index in [4.69, 9.17) is 5.73 Å². The Kier molecular flexibility index (Phi) is 4.97. The van der Waals surface area contributed by atoms with Gasteiger partial charge >= 0.3 is 5.69 Å². The lowest BCUT2D eigenvalue weighted by molar-refractivity contribution is 0.0960. The van der Waals surface area contributed by atoms with Gasteiger partial charge in [0.25, 0.3) is 5.56 Å². The summed E-state index contributed by atoms with van der Waals surface area (Å²) in [5.74, 6) is -0.401. The molecule has 2 aromatic heterocycles. The van der Waals surface area contributed by atoms with E-state index in [1.165, 1.54) is 4.57 Å². The molecule has 0 saturated heterocycles. The number of Topliss-reactive ketones (excluding diaryl/α,β-unsaturated/α-hetero) is 1. The molecule has 0 bridgehead atoms. The summed E-state index contributed by atoms with van der Waals surface area (Å²) in [7, 11) is 0. The number of aryl methyl sites for hydroxylation is 1. The van der Waals surface area contributed by atoms with Crippen molar-refractivity contribution in [3.8, 4) is 11.4 Å². The molecule has 140 valence electrons. The highest BCUT2D eigenvalue weighted by Gasteiger charge is 2.20. The molecule has 10 nitrogen and oxygen atoms in total. The number of carbonyl (C=O) groups excluding carboxylic acids is 1. The highest BCUT2D eigenvalue weighted by atomic mass is 16.2. The topological polar surface area (TPSA) is 142 Å². The predicted molar refractivity (Wildman–Crippen MR) is 98.3 cm³/mol. The molecular weight excluding hydrogens is 350 g/mol. The van der Waals surface area contributed by atoms with Crippen LogP contribution >= 0.6 is 0 Å². The Bertz CT molecular complexity index is 1090. The Morgan fingerprint density at radius 1 is 1.22 bits per heavy atom. The summed E-state index contributed by atoms with van der Waals surface area (Å²) >= 11 is 0. The smallest absolute Gasteiger partial charge is 0.329 e. The largest absolute Gasteiger partial charge is 0.384 e. The van der Waals surface area contributed by atoms with Crippen molar-refractivity contribution in [2.45, 2.75) is 33.4 Å². The maximum Gasteiger partial charge on any atom is 0.329 e. The molecular formula is C17H19N7O3. The van der Waals surface area contributed by atoms with E-state index >= 15 is 0 Å². The fourth-order valence-corrected chi connectivity index (χ4v) is 2.64. The second kappa shape index (κ2) is 7.36. The molecule has 0 saturated carbocycles. The average Bonchev–Trinajstić information content (AvgIpc) is 3.07. The van der Waals surface area contributed by atoms with Crippen LogP contribution in [0, 0.1) is 6.92 Å². The van der Waals surface area contributed by atoms with E-state index in [1.54, 1.807) is 0 Å². The van der Waals surface area contributed by atoms with Gasteiger partial charge in [0, 0.05) is 12.1 Å². The van der Waals surface area contributed by atoms with Gasteiger partial charge in [-0.3, -0.25) is 19.1 Å².